The van der Waals surface area contributed by atoms with Crippen molar-refractivity contribution in [2.75, 3.05) is 11.9 Å². The largest absolute Gasteiger partial charge is 0.508 e. The molecular formula is C15H14ClNO3. The maximum Gasteiger partial charge on any atom is 0.257 e. The molecule has 0 saturated heterocycles. The molecule has 4 nitrogen and oxygen atoms in total. The van der Waals surface area contributed by atoms with Crippen LogP contribution in [0.5, 0.6) is 11.5 Å². The lowest BCUT2D eigenvalue weighted by molar-refractivity contribution is 0.102. The van der Waals surface area contributed by atoms with Gasteiger partial charge in [-0.2, -0.15) is 0 Å². The van der Waals surface area contributed by atoms with Gasteiger partial charge < -0.3 is 15.2 Å². The average Bonchev–Trinajstić information content (AvgIpc) is 2.44. The number of ether oxygens (including phenoxy) is 1. The molecule has 0 aliphatic heterocycles. The van der Waals surface area contributed by atoms with E-state index in [2.05, 4.69) is 5.32 Å². The van der Waals surface area contributed by atoms with E-state index in [1.165, 1.54) is 18.2 Å². The zero-order valence-electron chi connectivity index (χ0n) is 10.9. The number of para-hydroxylation sites is 2. The molecule has 0 saturated carbocycles. The molecular weight excluding hydrogens is 278 g/mol. The van der Waals surface area contributed by atoms with Crippen LogP contribution < -0.4 is 10.1 Å². The molecule has 0 heterocycles. The number of rotatable bonds is 4. The normalized spacial score (nSPS) is 10.1. The lowest BCUT2D eigenvalue weighted by Gasteiger charge is -2.12. The van der Waals surface area contributed by atoms with Gasteiger partial charge in [0.15, 0.2) is 0 Å². The Morgan fingerprint density at radius 2 is 2.05 bits per heavy atom. The van der Waals surface area contributed by atoms with Crippen molar-refractivity contribution >= 4 is 23.2 Å². The molecule has 0 aromatic heterocycles. The van der Waals surface area contributed by atoms with Gasteiger partial charge >= 0.3 is 0 Å². The zero-order chi connectivity index (χ0) is 14.5. The molecule has 2 rings (SSSR count). The van der Waals surface area contributed by atoms with E-state index < -0.39 is 5.91 Å². The van der Waals surface area contributed by atoms with Gasteiger partial charge in [0.05, 0.1) is 22.9 Å². The fourth-order valence-corrected chi connectivity index (χ4v) is 1.93. The fourth-order valence-electron chi connectivity index (χ4n) is 1.73. The molecule has 0 radical (unpaired) electrons. The van der Waals surface area contributed by atoms with Crippen LogP contribution in [-0.4, -0.2) is 17.6 Å². The van der Waals surface area contributed by atoms with E-state index >= 15 is 0 Å². The van der Waals surface area contributed by atoms with Gasteiger partial charge in [-0.15, -0.1) is 0 Å². The smallest absolute Gasteiger partial charge is 0.257 e. The molecule has 0 fully saturated rings. The number of halogens is 1. The highest BCUT2D eigenvalue weighted by molar-refractivity contribution is 6.34. The SMILES string of the molecule is CCOc1ccccc1NC(=O)c1cc(O)ccc1Cl. The molecule has 0 atom stereocenters. The highest BCUT2D eigenvalue weighted by Crippen LogP contribution is 2.26. The molecule has 5 heteroatoms. The molecule has 0 bridgehead atoms. The van der Waals surface area contributed by atoms with Crippen LogP contribution in [0, 0.1) is 0 Å². The van der Waals surface area contributed by atoms with E-state index in [1.54, 1.807) is 18.2 Å². The fraction of sp³-hybridized carbons (Fsp3) is 0.133. The lowest BCUT2D eigenvalue weighted by atomic mass is 10.2. The van der Waals surface area contributed by atoms with Crippen molar-refractivity contribution in [1.82, 2.24) is 0 Å². The van der Waals surface area contributed by atoms with E-state index in [4.69, 9.17) is 16.3 Å². The second kappa shape index (κ2) is 6.30. The Hall–Kier alpha value is -2.20. The molecule has 0 aliphatic rings. The first kappa shape index (κ1) is 14.2. The highest BCUT2D eigenvalue weighted by Gasteiger charge is 2.13. The van der Waals surface area contributed by atoms with E-state index in [1.807, 2.05) is 13.0 Å². The summed E-state index contributed by atoms with van der Waals surface area (Å²) in [5.74, 6) is 0.162. The van der Waals surface area contributed by atoms with Crippen LogP contribution in [0.3, 0.4) is 0 Å². The minimum Gasteiger partial charge on any atom is -0.508 e. The van der Waals surface area contributed by atoms with Gasteiger partial charge in [0.2, 0.25) is 0 Å². The number of amides is 1. The van der Waals surface area contributed by atoms with Crippen LogP contribution in [0.2, 0.25) is 5.02 Å². The Bertz CT molecular complexity index is 628. The van der Waals surface area contributed by atoms with E-state index in [-0.39, 0.29) is 16.3 Å². The monoisotopic (exact) mass is 291 g/mol. The Morgan fingerprint density at radius 3 is 2.80 bits per heavy atom. The van der Waals surface area contributed by atoms with Crippen LogP contribution >= 0.6 is 11.6 Å². The minimum absolute atomic E-state index is 0.0161. The number of anilines is 1. The first-order valence-electron chi connectivity index (χ1n) is 6.13. The molecule has 0 spiro atoms. The van der Waals surface area contributed by atoms with Crippen LogP contribution in [0.1, 0.15) is 17.3 Å². The molecule has 2 aromatic carbocycles. The molecule has 0 aliphatic carbocycles. The summed E-state index contributed by atoms with van der Waals surface area (Å²) in [7, 11) is 0. The van der Waals surface area contributed by atoms with E-state index in [0.29, 0.717) is 18.0 Å². The summed E-state index contributed by atoms with van der Waals surface area (Å²) in [5.41, 5.74) is 0.761. The number of carbonyl (C=O) groups excluding carboxylic acids is 1. The zero-order valence-corrected chi connectivity index (χ0v) is 11.6. The van der Waals surface area contributed by atoms with Crippen LogP contribution in [-0.2, 0) is 0 Å². The van der Waals surface area contributed by atoms with Crippen molar-refractivity contribution in [3.05, 3.63) is 53.1 Å². The van der Waals surface area contributed by atoms with Crippen molar-refractivity contribution in [2.45, 2.75) is 6.92 Å². The van der Waals surface area contributed by atoms with Gasteiger partial charge in [-0.25, -0.2) is 0 Å². The Morgan fingerprint density at radius 1 is 1.30 bits per heavy atom. The summed E-state index contributed by atoms with van der Waals surface area (Å²) in [5, 5.41) is 12.4. The third kappa shape index (κ3) is 3.22. The van der Waals surface area contributed by atoms with Crippen molar-refractivity contribution < 1.29 is 14.6 Å². The summed E-state index contributed by atoms with van der Waals surface area (Å²) >= 11 is 5.96. The topological polar surface area (TPSA) is 58.6 Å². The standard InChI is InChI=1S/C15H14ClNO3/c1-2-20-14-6-4-3-5-13(14)17-15(19)11-9-10(18)7-8-12(11)16/h3-9,18H,2H2,1H3,(H,17,19). The highest BCUT2D eigenvalue weighted by atomic mass is 35.5. The summed E-state index contributed by atoms with van der Waals surface area (Å²) in [6.07, 6.45) is 0. The van der Waals surface area contributed by atoms with Crippen LogP contribution in [0.15, 0.2) is 42.5 Å². The van der Waals surface area contributed by atoms with Crippen LogP contribution in [0.25, 0.3) is 0 Å². The summed E-state index contributed by atoms with van der Waals surface area (Å²) in [4.78, 5) is 12.2. The first-order chi connectivity index (χ1) is 9.61. The first-order valence-corrected chi connectivity index (χ1v) is 6.51. The van der Waals surface area contributed by atoms with Gasteiger partial charge in [-0.3, -0.25) is 4.79 Å². The summed E-state index contributed by atoms with van der Waals surface area (Å²) in [6, 6.07) is 11.3. The second-order valence-electron chi connectivity index (χ2n) is 4.05. The summed E-state index contributed by atoms with van der Waals surface area (Å²) in [6.45, 7) is 2.37. The predicted octanol–water partition coefficient (Wildman–Crippen LogP) is 3.70. The van der Waals surface area contributed by atoms with Gasteiger partial charge in [0.25, 0.3) is 5.91 Å². The molecule has 2 aromatic rings. The number of benzene rings is 2. The average molecular weight is 292 g/mol. The maximum absolute atomic E-state index is 12.2. The number of carbonyl (C=O) groups is 1. The minimum atomic E-state index is -0.405. The van der Waals surface area contributed by atoms with E-state index in [9.17, 15) is 9.90 Å². The molecule has 1 amide bonds. The van der Waals surface area contributed by atoms with Gasteiger partial charge in [0, 0.05) is 0 Å². The Balaban J connectivity index is 2.26. The van der Waals surface area contributed by atoms with Crippen molar-refractivity contribution in [1.29, 1.82) is 0 Å². The molecule has 20 heavy (non-hydrogen) atoms. The molecule has 104 valence electrons. The second-order valence-corrected chi connectivity index (χ2v) is 4.45. The molecule has 0 unspecified atom stereocenters. The van der Waals surface area contributed by atoms with Gasteiger partial charge in [-0.05, 0) is 37.3 Å². The third-order valence-electron chi connectivity index (χ3n) is 2.63. The third-order valence-corrected chi connectivity index (χ3v) is 2.96. The maximum atomic E-state index is 12.2. The van der Waals surface area contributed by atoms with Crippen molar-refractivity contribution in [2.24, 2.45) is 0 Å². The predicted molar refractivity (Wildman–Crippen MR) is 78.7 cm³/mol. The lowest BCUT2D eigenvalue weighted by Crippen LogP contribution is -2.13. The number of hydrogen-bond acceptors (Lipinski definition) is 3. The van der Waals surface area contributed by atoms with Crippen LogP contribution in [0.4, 0.5) is 5.69 Å². The number of nitrogens with one attached hydrogen (secondary N) is 1. The quantitative estimate of drug-likeness (QED) is 0.903. The van der Waals surface area contributed by atoms with E-state index in [0.717, 1.165) is 0 Å². The van der Waals surface area contributed by atoms with Gasteiger partial charge in [-0.1, -0.05) is 23.7 Å². The number of hydrogen-bond donors (Lipinski definition) is 2. The summed E-state index contributed by atoms with van der Waals surface area (Å²) < 4.78 is 5.43. The van der Waals surface area contributed by atoms with Crippen molar-refractivity contribution in [3.8, 4) is 11.5 Å². The van der Waals surface area contributed by atoms with Gasteiger partial charge in [0.1, 0.15) is 11.5 Å². The number of aromatic hydroxyl groups is 1. The number of phenolic OH excluding ortho intramolecular Hbond substituents is 1. The van der Waals surface area contributed by atoms with Crippen molar-refractivity contribution in [3.63, 3.8) is 0 Å². The number of phenols is 1. The Labute approximate surface area is 122 Å². The Kier molecular flexibility index (Phi) is 4.48. The molecule has 2 N–H and O–H groups in total.